The van der Waals surface area contributed by atoms with E-state index in [1.54, 1.807) is 14.2 Å². The van der Waals surface area contributed by atoms with Gasteiger partial charge in [-0.1, -0.05) is 30.3 Å². The first-order valence-electron chi connectivity index (χ1n) is 7.84. The second kappa shape index (κ2) is 7.64. The van der Waals surface area contributed by atoms with Crippen LogP contribution in [0.15, 0.2) is 48.5 Å². The van der Waals surface area contributed by atoms with Crippen LogP contribution in [0, 0.1) is 3.57 Å². The van der Waals surface area contributed by atoms with Crippen molar-refractivity contribution in [2.45, 2.75) is 18.6 Å². The fourth-order valence-electron chi connectivity index (χ4n) is 3.12. The Hall–Kier alpha value is -1.11. The minimum absolute atomic E-state index is 0.136. The number of benzene rings is 2. The zero-order chi connectivity index (χ0) is 16.2. The molecule has 0 bridgehead atoms. The Morgan fingerprint density at radius 3 is 2.26 bits per heavy atom. The van der Waals surface area contributed by atoms with Gasteiger partial charge in [-0.05, 0) is 58.3 Å². The summed E-state index contributed by atoms with van der Waals surface area (Å²) in [5.41, 5.74) is 3.95. The second-order valence-electron chi connectivity index (χ2n) is 5.89. The minimum atomic E-state index is 0.136. The molecule has 1 aliphatic rings. The highest BCUT2D eigenvalue weighted by molar-refractivity contribution is 14.1. The third-order valence-electron chi connectivity index (χ3n) is 4.45. The Labute approximate surface area is 151 Å². The zero-order valence-electron chi connectivity index (χ0n) is 13.5. The summed E-state index contributed by atoms with van der Waals surface area (Å²) >= 11 is 2.42. The van der Waals surface area contributed by atoms with Gasteiger partial charge < -0.3 is 14.4 Å². The monoisotopic (exact) mass is 423 g/mol. The molecular weight excluding hydrogens is 401 g/mol. The molecule has 0 N–H and O–H groups in total. The van der Waals surface area contributed by atoms with Crippen molar-refractivity contribution in [2.75, 3.05) is 32.2 Å². The SMILES string of the molecule is CO[C@H]1CN(c2ccc(I)c(Cc3ccccc3)c2)C[C@H]1OC. The molecule has 0 amide bonds. The highest BCUT2D eigenvalue weighted by atomic mass is 127. The van der Waals surface area contributed by atoms with E-state index in [0.29, 0.717) is 0 Å². The van der Waals surface area contributed by atoms with Crippen LogP contribution in [0.1, 0.15) is 11.1 Å². The van der Waals surface area contributed by atoms with Crippen LogP contribution in [-0.2, 0) is 15.9 Å². The molecule has 1 fully saturated rings. The molecule has 1 heterocycles. The van der Waals surface area contributed by atoms with Crippen molar-refractivity contribution in [2.24, 2.45) is 0 Å². The summed E-state index contributed by atoms with van der Waals surface area (Å²) in [6, 6.07) is 17.3. The molecule has 4 heteroatoms. The summed E-state index contributed by atoms with van der Waals surface area (Å²) in [5, 5.41) is 0. The molecule has 122 valence electrons. The summed E-state index contributed by atoms with van der Waals surface area (Å²) in [6.07, 6.45) is 1.23. The normalized spacial score (nSPS) is 20.9. The molecule has 23 heavy (non-hydrogen) atoms. The van der Waals surface area contributed by atoms with Crippen LogP contribution >= 0.6 is 22.6 Å². The Balaban J connectivity index is 1.80. The van der Waals surface area contributed by atoms with Crippen molar-refractivity contribution >= 4 is 28.3 Å². The zero-order valence-corrected chi connectivity index (χ0v) is 15.7. The maximum atomic E-state index is 5.55. The van der Waals surface area contributed by atoms with Crippen molar-refractivity contribution in [3.63, 3.8) is 0 Å². The third kappa shape index (κ3) is 3.87. The van der Waals surface area contributed by atoms with Crippen LogP contribution in [0.2, 0.25) is 0 Å². The van der Waals surface area contributed by atoms with Crippen molar-refractivity contribution in [1.82, 2.24) is 0 Å². The molecule has 3 nitrogen and oxygen atoms in total. The van der Waals surface area contributed by atoms with Gasteiger partial charge in [-0.15, -0.1) is 0 Å². The Bertz CT molecular complexity index is 635. The number of ether oxygens (including phenoxy) is 2. The highest BCUT2D eigenvalue weighted by Gasteiger charge is 2.33. The quantitative estimate of drug-likeness (QED) is 0.685. The van der Waals surface area contributed by atoms with Gasteiger partial charge in [-0.3, -0.25) is 0 Å². The van der Waals surface area contributed by atoms with E-state index in [4.69, 9.17) is 9.47 Å². The molecule has 0 spiro atoms. The average molecular weight is 423 g/mol. The lowest BCUT2D eigenvalue weighted by Gasteiger charge is -2.19. The highest BCUT2D eigenvalue weighted by Crippen LogP contribution is 2.27. The van der Waals surface area contributed by atoms with E-state index in [9.17, 15) is 0 Å². The lowest BCUT2D eigenvalue weighted by molar-refractivity contribution is -0.00461. The topological polar surface area (TPSA) is 21.7 Å². The van der Waals surface area contributed by atoms with Crippen LogP contribution in [0.4, 0.5) is 5.69 Å². The van der Waals surface area contributed by atoms with Gasteiger partial charge in [0.1, 0.15) is 12.2 Å². The molecule has 1 aliphatic heterocycles. The van der Waals surface area contributed by atoms with Gasteiger partial charge in [0.25, 0.3) is 0 Å². The fraction of sp³-hybridized carbons (Fsp3) is 0.368. The van der Waals surface area contributed by atoms with Crippen molar-refractivity contribution in [3.8, 4) is 0 Å². The van der Waals surface area contributed by atoms with Crippen LogP contribution in [0.25, 0.3) is 0 Å². The summed E-state index contributed by atoms with van der Waals surface area (Å²) in [4.78, 5) is 2.35. The van der Waals surface area contributed by atoms with Gasteiger partial charge in [-0.25, -0.2) is 0 Å². The smallest absolute Gasteiger partial charge is 0.102 e. The van der Waals surface area contributed by atoms with Gasteiger partial charge in [0.15, 0.2) is 0 Å². The lowest BCUT2D eigenvalue weighted by Crippen LogP contribution is -2.27. The van der Waals surface area contributed by atoms with E-state index in [1.807, 2.05) is 0 Å². The second-order valence-corrected chi connectivity index (χ2v) is 7.05. The minimum Gasteiger partial charge on any atom is -0.377 e. The average Bonchev–Trinajstić information content (AvgIpc) is 3.01. The van der Waals surface area contributed by atoms with E-state index in [2.05, 4.69) is 76.0 Å². The number of nitrogens with zero attached hydrogens (tertiary/aromatic N) is 1. The van der Waals surface area contributed by atoms with E-state index in [1.165, 1.54) is 20.4 Å². The molecule has 3 rings (SSSR count). The van der Waals surface area contributed by atoms with Crippen molar-refractivity contribution < 1.29 is 9.47 Å². The Kier molecular flexibility index (Phi) is 5.56. The predicted octanol–water partition coefficient (Wildman–Crippen LogP) is 3.73. The summed E-state index contributed by atoms with van der Waals surface area (Å²) in [6.45, 7) is 1.75. The number of methoxy groups -OCH3 is 2. The number of anilines is 1. The van der Waals surface area contributed by atoms with E-state index in [0.717, 1.165) is 19.5 Å². The summed E-state index contributed by atoms with van der Waals surface area (Å²) in [7, 11) is 3.52. The van der Waals surface area contributed by atoms with E-state index >= 15 is 0 Å². The number of rotatable bonds is 5. The molecule has 2 atom stereocenters. The molecule has 0 unspecified atom stereocenters. The molecular formula is C19H22INO2. The van der Waals surface area contributed by atoms with E-state index in [-0.39, 0.29) is 12.2 Å². The molecule has 0 aliphatic carbocycles. The van der Waals surface area contributed by atoms with Gasteiger partial charge in [0.2, 0.25) is 0 Å². The number of hydrogen-bond donors (Lipinski definition) is 0. The van der Waals surface area contributed by atoms with Gasteiger partial charge in [0.05, 0.1) is 0 Å². The molecule has 0 saturated carbocycles. The number of halogens is 1. The third-order valence-corrected chi connectivity index (χ3v) is 5.51. The molecule has 0 aromatic heterocycles. The summed E-state index contributed by atoms with van der Waals surface area (Å²) < 4.78 is 12.4. The largest absolute Gasteiger partial charge is 0.377 e. The Morgan fingerprint density at radius 2 is 1.65 bits per heavy atom. The standard InChI is InChI=1S/C19H22INO2/c1-22-18-12-21(13-19(18)23-2)16-8-9-17(20)15(11-16)10-14-6-4-3-5-7-14/h3-9,11,18-19H,10,12-13H2,1-2H3/t18-,19+. The van der Waals surface area contributed by atoms with Crippen LogP contribution in [0.3, 0.4) is 0 Å². The lowest BCUT2D eigenvalue weighted by atomic mass is 10.0. The first-order chi connectivity index (χ1) is 11.2. The van der Waals surface area contributed by atoms with Gasteiger partial charge in [-0.2, -0.15) is 0 Å². The fourth-order valence-corrected chi connectivity index (χ4v) is 3.64. The molecule has 0 radical (unpaired) electrons. The van der Waals surface area contributed by atoms with Crippen molar-refractivity contribution in [3.05, 3.63) is 63.2 Å². The van der Waals surface area contributed by atoms with E-state index < -0.39 is 0 Å². The Morgan fingerprint density at radius 1 is 1.00 bits per heavy atom. The van der Waals surface area contributed by atoms with Crippen LogP contribution in [-0.4, -0.2) is 39.5 Å². The van der Waals surface area contributed by atoms with Crippen molar-refractivity contribution in [1.29, 1.82) is 0 Å². The first-order valence-corrected chi connectivity index (χ1v) is 8.92. The van der Waals surface area contributed by atoms with Crippen LogP contribution in [0.5, 0.6) is 0 Å². The maximum absolute atomic E-state index is 5.55. The molecule has 2 aromatic carbocycles. The number of hydrogen-bond acceptors (Lipinski definition) is 3. The first kappa shape index (κ1) is 16.7. The summed E-state index contributed by atoms with van der Waals surface area (Å²) in [5.74, 6) is 0. The van der Waals surface area contributed by atoms with Gasteiger partial charge >= 0.3 is 0 Å². The van der Waals surface area contributed by atoms with Gasteiger partial charge in [0, 0.05) is 36.6 Å². The molecule has 2 aromatic rings. The maximum Gasteiger partial charge on any atom is 0.102 e. The predicted molar refractivity (Wildman–Crippen MR) is 102 cm³/mol. The van der Waals surface area contributed by atoms with Crippen LogP contribution < -0.4 is 4.90 Å². The molecule has 1 saturated heterocycles.